The van der Waals surface area contributed by atoms with Gasteiger partial charge in [-0.15, -0.1) is 0 Å². The van der Waals surface area contributed by atoms with Crippen LogP contribution >= 0.6 is 0 Å². The standard InChI is InChI=1S/C30H32F3N3O5/c1-7-40-36(28(39)41-29(4,5)6)25-12-11-23(30(31,32)33)16-24(25)35-27(38)17-26(37)21-10-8-9-20(15-21)22-13-18(2)34-19(3)14-22/h8-16H,7,17H2,1-6H3,(H,35,38). The zero-order valence-electron chi connectivity index (χ0n) is 23.7. The van der Waals surface area contributed by atoms with Crippen LogP contribution in [0.5, 0.6) is 0 Å². The van der Waals surface area contributed by atoms with E-state index < -0.39 is 41.5 Å². The van der Waals surface area contributed by atoms with Crippen molar-refractivity contribution in [3.05, 3.63) is 77.1 Å². The molecule has 8 nitrogen and oxygen atoms in total. The van der Waals surface area contributed by atoms with E-state index in [1.165, 1.54) is 0 Å². The van der Waals surface area contributed by atoms with Crippen LogP contribution in [0.1, 0.15) is 61.4 Å². The van der Waals surface area contributed by atoms with Gasteiger partial charge in [-0.1, -0.05) is 18.2 Å². The van der Waals surface area contributed by atoms with Gasteiger partial charge in [0.15, 0.2) is 5.78 Å². The topological polar surface area (TPSA) is 97.8 Å². The van der Waals surface area contributed by atoms with Crippen LogP contribution in [-0.2, 0) is 20.5 Å². The molecule has 0 aliphatic heterocycles. The highest BCUT2D eigenvalue weighted by molar-refractivity contribution is 6.12. The second kappa shape index (κ2) is 12.5. The minimum atomic E-state index is -4.74. The number of amides is 2. The van der Waals surface area contributed by atoms with Gasteiger partial charge in [0, 0.05) is 17.0 Å². The summed E-state index contributed by atoms with van der Waals surface area (Å²) in [5.41, 5.74) is 0.874. The Morgan fingerprint density at radius 3 is 2.17 bits per heavy atom. The van der Waals surface area contributed by atoms with Gasteiger partial charge in [-0.3, -0.25) is 19.4 Å². The number of hydroxylamine groups is 1. The minimum absolute atomic E-state index is 0.0288. The van der Waals surface area contributed by atoms with Crippen molar-refractivity contribution in [1.82, 2.24) is 4.98 Å². The number of ether oxygens (including phenoxy) is 1. The van der Waals surface area contributed by atoms with Crippen molar-refractivity contribution >= 4 is 29.2 Å². The summed E-state index contributed by atoms with van der Waals surface area (Å²) < 4.78 is 45.9. The van der Waals surface area contributed by atoms with Crippen molar-refractivity contribution in [3.63, 3.8) is 0 Å². The SMILES string of the molecule is CCON(C(=O)OC(C)(C)C)c1ccc(C(F)(F)F)cc1NC(=O)CC(=O)c1cccc(-c2cc(C)nc(C)c2)c1. The van der Waals surface area contributed by atoms with Gasteiger partial charge in [0.05, 0.1) is 30.0 Å². The molecule has 3 rings (SSSR count). The molecule has 11 heteroatoms. The van der Waals surface area contributed by atoms with E-state index in [1.807, 2.05) is 32.0 Å². The zero-order chi connectivity index (χ0) is 30.5. The molecular weight excluding hydrogens is 539 g/mol. The number of Topliss-reactive ketones (excluding diaryl/α,β-unsaturated/α-hetero) is 1. The van der Waals surface area contributed by atoms with E-state index in [-0.39, 0.29) is 23.5 Å². The molecule has 218 valence electrons. The monoisotopic (exact) mass is 571 g/mol. The molecule has 0 aliphatic carbocycles. The lowest BCUT2D eigenvalue weighted by Gasteiger charge is -2.28. The van der Waals surface area contributed by atoms with E-state index in [1.54, 1.807) is 45.9 Å². The number of nitrogens with zero attached hydrogens (tertiary/aromatic N) is 2. The van der Waals surface area contributed by atoms with Crippen molar-refractivity contribution < 1.29 is 37.1 Å². The van der Waals surface area contributed by atoms with Crippen molar-refractivity contribution in [2.24, 2.45) is 0 Å². The van der Waals surface area contributed by atoms with Crippen LogP contribution < -0.4 is 10.4 Å². The number of halogens is 3. The Balaban J connectivity index is 1.90. The Hall–Kier alpha value is -4.25. The summed E-state index contributed by atoms with van der Waals surface area (Å²) in [4.78, 5) is 48.5. The fourth-order valence-electron chi connectivity index (χ4n) is 3.96. The van der Waals surface area contributed by atoms with E-state index in [4.69, 9.17) is 9.57 Å². The van der Waals surface area contributed by atoms with Crippen molar-refractivity contribution in [2.75, 3.05) is 17.0 Å². The maximum atomic E-state index is 13.5. The van der Waals surface area contributed by atoms with Crippen LogP contribution in [0.4, 0.5) is 29.3 Å². The molecule has 0 atom stereocenters. The van der Waals surface area contributed by atoms with E-state index in [9.17, 15) is 27.6 Å². The lowest BCUT2D eigenvalue weighted by atomic mass is 9.99. The van der Waals surface area contributed by atoms with Crippen LogP contribution in [0.15, 0.2) is 54.6 Å². The molecule has 0 radical (unpaired) electrons. The number of aryl methyl sites for hydroxylation is 2. The number of benzene rings is 2. The fourth-order valence-corrected chi connectivity index (χ4v) is 3.96. The number of alkyl halides is 3. The second-order valence-electron chi connectivity index (χ2n) is 10.3. The Bertz CT molecular complexity index is 1430. The third-order valence-electron chi connectivity index (χ3n) is 5.55. The molecule has 0 saturated carbocycles. The first-order chi connectivity index (χ1) is 19.1. The molecule has 1 N–H and O–H groups in total. The largest absolute Gasteiger partial charge is 0.442 e. The van der Waals surface area contributed by atoms with E-state index in [0.29, 0.717) is 11.1 Å². The van der Waals surface area contributed by atoms with Gasteiger partial charge >= 0.3 is 12.3 Å². The smallest absolute Gasteiger partial charge is 0.439 e. The Morgan fingerprint density at radius 1 is 0.927 bits per heavy atom. The summed E-state index contributed by atoms with van der Waals surface area (Å²) >= 11 is 0. The number of hydrogen-bond acceptors (Lipinski definition) is 6. The number of anilines is 2. The maximum Gasteiger partial charge on any atom is 0.439 e. The highest BCUT2D eigenvalue weighted by Crippen LogP contribution is 2.36. The Kier molecular flexibility index (Phi) is 9.54. The molecule has 0 fully saturated rings. The van der Waals surface area contributed by atoms with Crippen LogP contribution in [0.2, 0.25) is 0 Å². The average Bonchev–Trinajstić information content (AvgIpc) is 2.85. The van der Waals surface area contributed by atoms with Gasteiger partial charge in [-0.05, 0) is 89.1 Å². The first kappa shape index (κ1) is 31.3. The van der Waals surface area contributed by atoms with Crippen molar-refractivity contribution in [3.8, 4) is 11.1 Å². The lowest BCUT2D eigenvalue weighted by molar-refractivity contribution is -0.137. The number of rotatable bonds is 8. The first-order valence-corrected chi connectivity index (χ1v) is 12.8. The van der Waals surface area contributed by atoms with Crippen LogP contribution in [0.3, 0.4) is 0 Å². The molecule has 2 aromatic carbocycles. The summed E-state index contributed by atoms with van der Waals surface area (Å²) in [5.74, 6) is -1.42. The number of hydrogen-bond donors (Lipinski definition) is 1. The number of pyridine rings is 1. The molecule has 0 spiro atoms. The summed E-state index contributed by atoms with van der Waals surface area (Å²) in [6.45, 7) is 10.1. The second-order valence-corrected chi connectivity index (χ2v) is 10.3. The van der Waals surface area contributed by atoms with Gasteiger partial charge in [-0.2, -0.15) is 18.2 Å². The van der Waals surface area contributed by atoms with E-state index >= 15 is 0 Å². The molecule has 0 aliphatic rings. The minimum Gasteiger partial charge on any atom is -0.442 e. The molecule has 0 saturated heterocycles. The van der Waals surface area contributed by atoms with E-state index in [0.717, 1.165) is 34.6 Å². The molecule has 2 amide bonds. The number of carbonyl (C=O) groups is 3. The molecule has 1 aromatic heterocycles. The predicted octanol–water partition coefficient (Wildman–Crippen LogP) is 7.29. The number of aromatic nitrogens is 1. The van der Waals surface area contributed by atoms with Gasteiger partial charge in [-0.25, -0.2) is 4.79 Å². The Morgan fingerprint density at radius 2 is 1.59 bits per heavy atom. The summed E-state index contributed by atoms with van der Waals surface area (Å²) in [5, 5.41) is 3.02. The Labute approximate surface area is 236 Å². The molecular formula is C30H32F3N3O5. The first-order valence-electron chi connectivity index (χ1n) is 12.8. The third-order valence-corrected chi connectivity index (χ3v) is 5.55. The molecule has 41 heavy (non-hydrogen) atoms. The maximum absolute atomic E-state index is 13.5. The van der Waals surface area contributed by atoms with Gasteiger partial charge < -0.3 is 10.1 Å². The number of nitrogens with one attached hydrogen (secondary N) is 1. The van der Waals surface area contributed by atoms with Gasteiger partial charge in [0.25, 0.3) is 0 Å². The highest BCUT2D eigenvalue weighted by atomic mass is 19.4. The van der Waals surface area contributed by atoms with Crippen molar-refractivity contribution in [2.45, 2.75) is 59.7 Å². The highest BCUT2D eigenvalue weighted by Gasteiger charge is 2.33. The zero-order valence-corrected chi connectivity index (χ0v) is 23.7. The third kappa shape index (κ3) is 8.62. The van der Waals surface area contributed by atoms with Gasteiger partial charge in [0.2, 0.25) is 5.91 Å². The van der Waals surface area contributed by atoms with Crippen molar-refractivity contribution in [1.29, 1.82) is 0 Å². The van der Waals surface area contributed by atoms with Crippen LogP contribution in [-0.4, -0.2) is 35.0 Å². The molecule has 0 unspecified atom stereocenters. The average molecular weight is 572 g/mol. The molecule has 1 heterocycles. The predicted molar refractivity (Wildman–Crippen MR) is 149 cm³/mol. The van der Waals surface area contributed by atoms with Crippen LogP contribution in [0, 0.1) is 13.8 Å². The normalized spacial score (nSPS) is 11.6. The van der Waals surface area contributed by atoms with Crippen LogP contribution in [0.25, 0.3) is 11.1 Å². The van der Waals surface area contributed by atoms with Gasteiger partial charge in [0.1, 0.15) is 5.60 Å². The molecule has 3 aromatic rings. The van der Waals surface area contributed by atoms with E-state index in [2.05, 4.69) is 10.3 Å². The summed E-state index contributed by atoms with van der Waals surface area (Å²) in [6, 6.07) is 12.8. The number of carbonyl (C=O) groups excluding carboxylic acids is 3. The lowest BCUT2D eigenvalue weighted by Crippen LogP contribution is -2.37. The summed E-state index contributed by atoms with van der Waals surface area (Å²) in [6.07, 6.45) is -6.39. The quantitative estimate of drug-likeness (QED) is 0.173. The summed E-state index contributed by atoms with van der Waals surface area (Å²) in [7, 11) is 0. The fraction of sp³-hybridized carbons (Fsp3) is 0.333. The molecule has 0 bridgehead atoms. The number of ketones is 1.